The summed E-state index contributed by atoms with van der Waals surface area (Å²) in [5.41, 5.74) is 2.67. The van der Waals surface area contributed by atoms with Crippen LogP contribution in [0.1, 0.15) is 16.7 Å². The molecule has 3 nitrogen and oxygen atoms in total. The number of benzene rings is 1. The molecule has 0 fully saturated rings. The fourth-order valence-corrected chi connectivity index (χ4v) is 2.22. The number of pyridine rings is 1. The highest BCUT2D eigenvalue weighted by atomic mass is 19.1. The van der Waals surface area contributed by atoms with E-state index in [2.05, 4.69) is 4.98 Å². The van der Waals surface area contributed by atoms with Gasteiger partial charge in [-0.05, 0) is 37.0 Å². The zero-order valence-corrected chi connectivity index (χ0v) is 11.2. The van der Waals surface area contributed by atoms with Gasteiger partial charge in [0.1, 0.15) is 5.82 Å². The van der Waals surface area contributed by atoms with Crippen molar-refractivity contribution >= 4 is 5.97 Å². The number of aliphatic carboxylic acids is 1. The van der Waals surface area contributed by atoms with E-state index >= 15 is 0 Å². The van der Waals surface area contributed by atoms with Crippen molar-refractivity contribution in [3.05, 3.63) is 65.2 Å². The Kier molecular flexibility index (Phi) is 4.45. The third-order valence-corrected chi connectivity index (χ3v) is 3.16. The zero-order valence-electron chi connectivity index (χ0n) is 11.2. The molecule has 2 rings (SSSR count). The molecule has 0 aliphatic carbocycles. The van der Waals surface area contributed by atoms with Crippen LogP contribution >= 0.6 is 0 Å². The smallest absolute Gasteiger partial charge is 0.307 e. The van der Waals surface area contributed by atoms with Crippen LogP contribution in [0.15, 0.2) is 42.7 Å². The van der Waals surface area contributed by atoms with Crippen molar-refractivity contribution < 1.29 is 14.3 Å². The third kappa shape index (κ3) is 3.88. The van der Waals surface area contributed by atoms with Gasteiger partial charge in [0.2, 0.25) is 0 Å². The van der Waals surface area contributed by atoms with Crippen LogP contribution in [0.3, 0.4) is 0 Å². The number of carbonyl (C=O) groups is 1. The molecule has 0 amide bonds. The van der Waals surface area contributed by atoms with Crippen LogP contribution in [-0.2, 0) is 17.6 Å². The van der Waals surface area contributed by atoms with Crippen molar-refractivity contribution in [1.82, 2.24) is 4.98 Å². The molecule has 1 aromatic carbocycles. The molecule has 1 atom stereocenters. The molecular formula is C16H16FNO2. The third-order valence-electron chi connectivity index (χ3n) is 3.16. The summed E-state index contributed by atoms with van der Waals surface area (Å²) in [6, 6.07) is 9.09. The van der Waals surface area contributed by atoms with E-state index in [0.717, 1.165) is 17.3 Å². The highest BCUT2D eigenvalue weighted by Gasteiger charge is 2.19. The minimum Gasteiger partial charge on any atom is -0.481 e. The molecule has 1 heterocycles. The van der Waals surface area contributed by atoms with E-state index < -0.39 is 17.7 Å². The first kappa shape index (κ1) is 14.2. The first-order valence-corrected chi connectivity index (χ1v) is 6.42. The number of rotatable bonds is 5. The van der Waals surface area contributed by atoms with Crippen molar-refractivity contribution in [2.24, 2.45) is 5.92 Å². The number of halogens is 1. The number of aryl methyl sites for hydroxylation is 1. The van der Waals surface area contributed by atoms with Crippen LogP contribution < -0.4 is 0 Å². The standard InChI is InChI=1S/C16H16FNO2/c1-11-3-2-4-12(5-11)6-14(16(19)20)7-13-8-15(17)10-18-9-13/h2-5,8-10,14H,6-7H2,1H3,(H,19,20). The van der Waals surface area contributed by atoms with Gasteiger partial charge in [0.15, 0.2) is 0 Å². The lowest BCUT2D eigenvalue weighted by molar-refractivity contribution is -0.141. The van der Waals surface area contributed by atoms with E-state index in [1.807, 2.05) is 31.2 Å². The van der Waals surface area contributed by atoms with E-state index in [1.165, 1.54) is 12.3 Å². The Morgan fingerprint density at radius 2 is 2.00 bits per heavy atom. The summed E-state index contributed by atoms with van der Waals surface area (Å²) in [6.07, 6.45) is 3.32. The molecular weight excluding hydrogens is 257 g/mol. The van der Waals surface area contributed by atoms with Crippen LogP contribution in [0.5, 0.6) is 0 Å². The summed E-state index contributed by atoms with van der Waals surface area (Å²) in [4.78, 5) is 15.1. The monoisotopic (exact) mass is 273 g/mol. The molecule has 20 heavy (non-hydrogen) atoms. The second-order valence-electron chi connectivity index (χ2n) is 4.94. The van der Waals surface area contributed by atoms with Crippen LogP contribution in [-0.4, -0.2) is 16.1 Å². The summed E-state index contributed by atoms with van der Waals surface area (Å²) in [5, 5.41) is 9.32. The normalized spacial score (nSPS) is 12.1. The zero-order chi connectivity index (χ0) is 14.5. The molecule has 0 aliphatic rings. The van der Waals surface area contributed by atoms with E-state index in [0.29, 0.717) is 12.0 Å². The highest BCUT2D eigenvalue weighted by molar-refractivity contribution is 5.70. The molecule has 4 heteroatoms. The minimum absolute atomic E-state index is 0.272. The maximum Gasteiger partial charge on any atom is 0.307 e. The van der Waals surface area contributed by atoms with Crippen molar-refractivity contribution in [3.8, 4) is 0 Å². The quantitative estimate of drug-likeness (QED) is 0.911. The first-order chi connectivity index (χ1) is 9.54. The molecule has 104 valence electrons. The second kappa shape index (κ2) is 6.28. The van der Waals surface area contributed by atoms with Gasteiger partial charge in [-0.3, -0.25) is 9.78 Å². The van der Waals surface area contributed by atoms with Gasteiger partial charge in [0.05, 0.1) is 12.1 Å². The largest absolute Gasteiger partial charge is 0.481 e. The Morgan fingerprint density at radius 1 is 1.25 bits per heavy atom. The molecule has 0 saturated carbocycles. The van der Waals surface area contributed by atoms with Crippen LogP contribution in [0.25, 0.3) is 0 Å². The van der Waals surface area contributed by atoms with Crippen molar-refractivity contribution in [1.29, 1.82) is 0 Å². The Morgan fingerprint density at radius 3 is 2.65 bits per heavy atom. The second-order valence-corrected chi connectivity index (χ2v) is 4.94. The summed E-state index contributed by atoms with van der Waals surface area (Å²) in [5.74, 6) is -1.90. The number of nitrogens with zero attached hydrogens (tertiary/aromatic N) is 1. The summed E-state index contributed by atoms with van der Waals surface area (Å²) < 4.78 is 13.1. The van der Waals surface area contributed by atoms with Crippen LogP contribution in [0.2, 0.25) is 0 Å². The Labute approximate surface area is 117 Å². The molecule has 1 unspecified atom stereocenters. The van der Waals surface area contributed by atoms with E-state index in [-0.39, 0.29) is 6.42 Å². The number of hydrogen-bond donors (Lipinski definition) is 1. The lowest BCUT2D eigenvalue weighted by atomic mass is 9.93. The number of carboxylic acids is 1. The molecule has 0 radical (unpaired) electrons. The molecule has 1 aromatic heterocycles. The maximum atomic E-state index is 13.1. The predicted octanol–water partition coefficient (Wildman–Crippen LogP) is 3.02. The fourth-order valence-electron chi connectivity index (χ4n) is 2.22. The highest BCUT2D eigenvalue weighted by Crippen LogP contribution is 2.16. The molecule has 0 aliphatic heterocycles. The predicted molar refractivity (Wildman–Crippen MR) is 73.9 cm³/mol. The van der Waals surface area contributed by atoms with E-state index in [1.54, 1.807) is 0 Å². The van der Waals surface area contributed by atoms with Gasteiger partial charge in [-0.2, -0.15) is 0 Å². The van der Waals surface area contributed by atoms with Crippen molar-refractivity contribution in [3.63, 3.8) is 0 Å². The minimum atomic E-state index is -0.879. The van der Waals surface area contributed by atoms with E-state index in [4.69, 9.17) is 0 Å². The van der Waals surface area contributed by atoms with Crippen LogP contribution in [0.4, 0.5) is 4.39 Å². The Balaban J connectivity index is 2.13. The van der Waals surface area contributed by atoms with Gasteiger partial charge in [-0.15, -0.1) is 0 Å². The average Bonchev–Trinajstić information content (AvgIpc) is 2.38. The van der Waals surface area contributed by atoms with E-state index in [9.17, 15) is 14.3 Å². The number of hydrogen-bond acceptors (Lipinski definition) is 2. The summed E-state index contributed by atoms with van der Waals surface area (Å²) in [7, 11) is 0. The maximum absolute atomic E-state index is 13.1. The molecule has 1 N–H and O–H groups in total. The van der Waals surface area contributed by atoms with Gasteiger partial charge in [-0.25, -0.2) is 4.39 Å². The van der Waals surface area contributed by atoms with Crippen LogP contribution in [0, 0.1) is 18.7 Å². The summed E-state index contributed by atoms with van der Waals surface area (Å²) >= 11 is 0. The number of aromatic nitrogens is 1. The Hall–Kier alpha value is -2.23. The topological polar surface area (TPSA) is 50.2 Å². The first-order valence-electron chi connectivity index (χ1n) is 6.42. The lowest BCUT2D eigenvalue weighted by Gasteiger charge is -2.12. The van der Waals surface area contributed by atoms with Gasteiger partial charge in [-0.1, -0.05) is 29.8 Å². The van der Waals surface area contributed by atoms with Gasteiger partial charge < -0.3 is 5.11 Å². The molecule has 0 bridgehead atoms. The fraction of sp³-hybridized carbons (Fsp3) is 0.250. The van der Waals surface area contributed by atoms with Gasteiger partial charge in [0.25, 0.3) is 0 Å². The summed E-state index contributed by atoms with van der Waals surface area (Å²) in [6.45, 7) is 1.97. The SMILES string of the molecule is Cc1cccc(CC(Cc2cncc(F)c2)C(=O)O)c1. The average molecular weight is 273 g/mol. The molecule has 2 aromatic rings. The lowest BCUT2D eigenvalue weighted by Crippen LogP contribution is -2.19. The van der Waals surface area contributed by atoms with Gasteiger partial charge >= 0.3 is 5.97 Å². The van der Waals surface area contributed by atoms with Crippen molar-refractivity contribution in [2.45, 2.75) is 19.8 Å². The molecule has 0 saturated heterocycles. The van der Waals surface area contributed by atoms with Crippen molar-refractivity contribution in [2.75, 3.05) is 0 Å². The number of carboxylic acid groups (broad SMARTS) is 1. The molecule has 0 spiro atoms. The van der Waals surface area contributed by atoms with Gasteiger partial charge in [0, 0.05) is 6.20 Å². The Bertz CT molecular complexity index is 565.